The third kappa shape index (κ3) is 3.48. The molecule has 1 aromatic heterocycles. The minimum absolute atomic E-state index is 0.288. The number of aromatic nitrogens is 1. The molecule has 21 heavy (non-hydrogen) atoms. The van der Waals surface area contributed by atoms with E-state index in [1.165, 1.54) is 4.90 Å². The van der Waals surface area contributed by atoms with Crippen LogP contribution < -0.4 is 0 Å². The van der Waals surface area contributed by atoms with Gasteiger partial charge in [-0.05, 0) is 24.1 Å². The number of rotatable bonds is 5. The number of hydrogen-bond acceptors (Lipinski definition) is 5. The van der Waals surface area contributed by atoms with E-state index >= 15 is 0 Å². The number of thioether (sulfide) groups is 1. The molecule has 0 radical (unpaired) electrons. The van der Waals surface area contributed by atoms with Crippen LogP contribution in [0.15, 0.2) is 29.4 Å². The van der Waals surface area contributed by atoms with Crippen molar-refractivity contribution in [1.82, 2.24) is 9.88 Å². The van der Waals surface area contributed by atoms with Gasteiger partial charge in [-0.1, -0.05) is 43.4 Å². The molecule has 0 aliphatic carbocycles. The van der Waals surface area contributed by atoms with E-state index in [0.29, 0.717) is 17.7 Å². The first kappa shape index (κ1) is 15.7. The van der Waals surface area contributed by atoms with Gasteiger partial charge in [0.15, 0.2) is 0 Å². The Morgan fingerprint density at radius 3 is 2.95 bits per heavy atom. The van der Waals surface area contributed by atoms with E-state index in [1.54, 1.807) is 24.5 Å². The molecule has 1 amide bonds. The number of pyridine rings is 1. The number of carboxylic acid groups (broad SMARTS) is 1. The SMILES string of the molecule is CCC[C@@H](C(=O)O)N1C(=O)/C(=C/c2cccnc2)SC1=S. The lowest BCUT2D eigenvalue weighted by Crippen LogP contribution is -2.43. The molecule has 0 aromatic carbocycles. The predicted octanol–water partition coefficient (Wildman–Crippen LogP) is 2.54. The summed E-state index contributed by atoms with van der Waals surface area (Å²) in [5, 5.41) is 9.28. The van der Waals surface area contributed by atoms with Crippen LogP contribution in [-0.2, 0) is 9.59 Å². The van der Waals surface area contributed by atoms with Gasteiger partial charge in [-0.2, -0.15) is 0 Å². The van der Waals surface area contributed by atoms with Crippen LogP contribution in [0.3, 0.4) is 0 Å². The molecule has 1 saturated heterocycles. The molecule has 1 fully saturated rings. The molecular weight excluding hydrogens is 308 g/mol. The lowest BCUT2D eigenvalue weighted by atomic mass is 10.1. The number of carbonyl (C=O) groups excluding carboxylic acids is 1. The second-order valence-corrected chi connectivity index (χ2v) is 6.16. The Hall–Kier alpha value is -1.73. The highest BCUT2D eigenvalue weighted by Crippen LogP contribution is 2.34. The Labute approximate surface area is 132 Å². The van der Waals surface area contributed by atoms with Crippen LogP contribution in [0.1, 0.15) is 25.3 Å². The lowest BCUT2D eigenvalue weighted by Gasteiger charge is -2.22. The normalized spacial score (nSPS) is 18.3. The molecule has 0 unspecified atom stereocenters. The molecule has 0 bridgehead atoms. The zero-order valence-electron chi connectivity index (χ0n) is 11.4. The Bertz CT molecular complexity index is 601. The summed E-state index contributed by atoms with van der Waals surface area (Å²) < 4.78 is 0.288. The summed E-state index contributed by atoms with van der Waals surface area (Å²) in [5.41, 5.74) is 0.778. The second-order valence-electron chi connectivity index (χ2n) is 4.48. The fourth-order valence-electron chi connectivity index (χ4n) is 2.00. The third-order valence-corrected chi connectivity index (χ3v) is 4.29. The molecule has 1 aliphatic heterocycles. The van der Waals surface area contributed by atoms with E-state index in [-0.39, 0.29) is 10.2 Å². The van der Waals surface area contributed by atoms with Crippen molar-refractivity contribution in [2.45, 2.75) is 25.8 Å². The molecule has 2 rings (SSSR count). The maximum absolute atomic E-state index is 12.4. The minimum atomic E-state index is -1.03. The number of aliphatic carboxylic acids is 1. The first-order chi connectivity index (χ1) is 10.0. The van der Waals surface area contributed by atoms with Gasteiger partial charge in [-0.25, -0.2) is 4.79 Å². The van der Waals surface area contributed by atoms with Crippen molar-refractivity contribution in [3.63, 3.8) is 0 Å². The summed E-state index contributed by atoms with van der Waals surface area (Å²) in [5.74, 6) is -1.38. The average Bonchev–Trinajstić information content (AvgIpc) is 2.72. The van der Waals surface area contributed by atoms with E-state index in [1.807, 2.05) is 13.0 Å². The fourth-order valence-corrected chi connectivity index (χ4v) is 3.35. The monoisotopic (exact) mass is 322 g/mol. The molecule has 1 aromatic rings. The van der Waals surface area contributed by atoms with Crippen molar-refractivity contribution < 1.29 is 14.7 Å². The van der Waals surface area contributed by atoms with Crippen molar-refractivity contribution in [2.24, 2.45) is 0 Å². The standard InChI is InChI=1S/C14H14N2O3S2/c1-2-4-10(13(18)19)16-12(17)11(21-14(16)20)7-9-5-3-6-15-8-9/h3,5-8,10H,2,4H2,1H3,(H,18,19)/b11-7-/t10-/m0/s1. The van der Waals surface area contributed by atoms with E-state index in [2.05, 4.69) is 4.98 Å². The Balaban J connectivity index is 2.28. The molecule has 0 saturated carbocycles. The first-order valence-corrected chi connectivity index (χ1v) is 7.67. The predicted molar refractivity (Wildman–Crippen MR) is 85.6 cm³/mol. The van der Waals surface area contributed by atoms with E-state index in [0.717, 1.165) is 17.3 Å². The molecule has 110 valence electrons. The number of amides is 1. The molecule has 1 aliphatic rings. The van der Waals surface area contributed by atoms with E-state index in [4.69, 9.17) is 12.2 Å². The van der Waals surface area contributed by atoms with Gasteiger partial charge >= 0.3 is 5.97 Å². The van der Waals surface area contributed by atoms with Crippen molar-refractivity contribution in [1.29, 1.82) is 0 Å². The van der Waals surface area contributed by atoms with Gasteiger partial charge in [-0.15, -0.1) is 0 Å². The summed E-state index contributed by atoms with van der Waals surface area (Å²) >= 11 is 6.29. The zero-order chi connectivity index (χ0) is 15.4. The highest BCUT2D eigenvalue weighted by atomic mass is 32.2. The molecular formula is C14H14N2O3S2. The number of carbonyl (C=O) groups is 2. The number of nitrogens with zero attached hydrogens (tertiary/aromatic N) is 2. The van der Waals surface area contributed by atoms with Gasteiger partial charge in [0.25, 0.3) is 5.91 Å². The summed E-state index contributed by atoms with van der Waals surface area (Å²) in [6.45, 7) is 1.87. The van der Waals surface area contributed by atoms with Gasteiger partial charge in [0.05, 0.1) is 4.91 Å². The van der Waals surface area contributed by atoms with E-state index in [9.17, 15) is 14.7 Å². The summed E-state index contributed by atoms with van der Waals surface area (Å²) in [4.78, 5) is 29.4. The Morgan fingerprint density at radius 2 is 2.38 bits per heavy atom. The molecule has 0 spiro atoms. The van der Waals surface area contributed by atoms with Crippen LogP contribution in [0, 0.1) is 0 Å². The maximum Gasteiger partial charge on any atom is 0.326 e. The quantitative estimate of drug-likeness (QED) is 0.663. The topological polar surface area (TPSA) is 70.5 Å². The smallest absolute Gasteiger partial charge is 0.326 e. The molecule has 1 N–H and O–H groups in total. The fraction of sp³-hybridized carbons (Fsp3) is 0.286. The van der Waals surface area contributed by atoms with Crippen LogP contribution >= 0.6 is 24.0 Å². The lowest BCUT2D eigenvalue weighted by molar-refractivity contribution is -0.145. The third-order valence-electron chi connectivity index (χ3n) is 2.96. The van der Waals surface area contributed by atoms with Crippen molar-refractivity contribution >= 4 is 46.3 Å². The largest absolute Gasteiger partial charge is 0.480 e. The molecule has 1 atom stereocenters. The molecule has 5 nitrogen and oxygen atoms in total. The van der Waals surface area contributed by atoms with Gasteiger partial charge in [-0.3, -0.25) is 14.7 Å². The number of carboxylic acids is 1. The zero-order valence-corrected chi connectivity index (χ0v) is 13.0. The van der Waals surface area contributed by atoms with Crippen molar-refractivity contribution in [3.8, 4) is 0 Å². The van der Waals surface area contributed by atoms with Gasteiger partial charge in [0.1, 0.15) is 10.4 Å². The second kappa shape index (κ2) is 6.82. The summed E-state index contributed by atoms with van der Waals surface area (Å²) in [6.07, 6.45) is 5.99. The van der Waals surface area contributed by atoms with Gasteiger partial charge in [0.2, 0.25) is 0 Å². The minimum Gasteiger partial charge on any atom is -0.480 e. The first-order valence-electron chi connectivity index (χ1n) is 6.44. The maximum atomic E-state index is 12.4. The van der Waals surface area contributed by atoms with Gasteiger partial charge < -0.3 is 5.11 Å². The number of thiocarbonyl (C=S) groups is 1. The van der Waals surface area contributed by atoms with Crippen LogP contribution in [-0.4, -0.2) is 37.2 Å². The number of hydrogen-bond donors (Lipinski definition) is 1. The Kier molecular flexibility index (Phi) is 5.08. The van der Waals surface area contributed by atoms with E-state index < -0.39 is 12.0 Å². The van der Waals surface area contributed by atoms with Crippen LogP contribution in [0.2, 0.25) is 0 Å². The van der Waals surface area contributed by atoms with Crippen LogP contribution in [0.4, 0.5) is 0 Å². The molecule has 2 heterocycles. The highest BCUT2D eigenvalue weighted by Gasteiger charge is 2.39. The van der Waals surface area contributed by atoms with Crippen molar-refractivity contribution in [2.75, 3.05) is 0 Å². The molecule has 7 heteroatoms. The average molecular weight is 322 g/mol. The summed E-state index contributed by atoms with van der Waals surface area (Å²) in [7, 11) is 0. The van der Waals surface area contributed by atoms with Crippen LogP contribution in [0.5, 0.6) is 0 Å². The van der Waals surface area contributed by atoms with Crippen molar-refractivity contribution in [3.05, 3.63) is 35.0 Å². The highest BCUT2D eigenvalue weighted by molar-refractivity contribution is 8.26. The summed E-state index contributed by atoms with van der Waals surface area (Å²) in [6, 6.07) is 2.69. The van der Waals surface area contributed by atoms with Crippen LogP contribution in [0.25, 0.3) is 6.08 Å². The Morgan fingerprint density at radius 1 is 1.62 bits per heavy atom. The van der Waals surface area contributed by atoms with Gasteiger partial charge in [0, 0.05) is 12.4 Å².